The minimum Gasteiger partial charge on any atom is -0.591 e. The molecule has 0 N–H and O–H groups in total. The zero-order chi connectivity index (χ0) is 14.5. The van der Waals surface area contributed by atoms with Crippen LogP contribution in [0.25, 0.3) is 0 Å². The number of hydrogen-bond donors (Lipinski definition) is 0. The van der Waals surface area contributed by atoms with E-state index < -0.39 is 21.9 Å². The summed E-state index contributed by atoms with van der Waals surface area (Å²) in [4.78, 5) is 3.79. The zero-order valence-corrected chi connectivity index (χ0v) is 12.9. The second-order valence-electron chi connectivity index (χ2n) is 5.08. The number of aromatic nitrogens is 1. The van der Waals surface area contributed by atoms with Crippen molar-refractivity contribution in [2.45, 2.75) is 38.4 Å². The molecule has 0 aliphatic rings. The number of alkyl halides is 1. The molecule has 6 heteroatoms. The Bertz CT molecular complexity index is 449. The molecule has 0 fully saturated rings. The lowest BCUT2D eigenvalue weighted by atomic mass is 10.1. The summed E-state index contributed by atoms with van der Waals surface area (Å²) >= 11 is 4.29. The lowest BCUT2D eigenvalue weighted by Gasteiger charge is -2.19. The van der Waals surface area contributed by atoms with E-state index in [1.165, 1.54) is 12.3 Å². The van der Waals surface area contributed by atoms with Crippen molar-refractivity contribution in [2.24, 2.45) is 4.40 Å². The Balaban J connectivity index is 3.04. The average molecular weight is 305 g/mol. The molecule has 1 aromatic rings. The van der Waals surface area contributed by atoms with Crippen LogP contribution in [0.5, 0.6) is 0 Å². The summed E-state index contributed by atoms with van der Waals surface area (Å²) in [5, 5.41) is 0. The summed E-state index contributed by atoms with van der Waals surface area (Å²) in [6, 6.07) is 1.35. The highest BCUT2D eigenvalue weighted by Gasteiger charge is 2.27. The van der Waals surface area contributed by atoms with Gasteiger partial charge >= 0.3 is 0 Å². The van der Waals surface area contributed by atoms with Gasteiger partial charge in [0, 0.05) is 17.6 Å². The SMILES string of the molecule is CC(C)(C)[S@+]([O-])N=C(CCCCl)c1cncc(F)c1. The second-order valence-corrected chi connectivity index (χ2v) is 7.37. The summed E-state index contributed by atoms with van der Waals surface area (Å²) in [5.41, 5.74) is 1.14. The molecular formula is C13H18ClFN2OS. The number of hydrogen-bond acceptors (Lipinski definition) is 3. The van der Waals surface area contributed by atoms with Crippen LogP contribution in [0, 0.1) is 5.82 Å². The maximum Gasteiger partial charge on any atom is 0.144 e. The first-order valence-electron chi connectivity index (χ1n) is 6.01. The molecule has 0 saturated carbocycles. The third kappa shape index (κ3) is 5.47. The Morgan fingerprint density at radius 1 is 1.47 bits per heavy atom. The summed E-state index contributed by atoms with van der Waals surface area (Å²) in [7, 11) is 0. The van der Waals surface area contributed by atoms with Crippen LogP contribution < -0.4 is 0 Å². The fourth-order valence-electron chi connectivity index (χ4n) is 1.28. The fraction of sp³-hybridized carbons (Fsp3) is 0.538. The number of halogens is 2. The molecule has 19 heavy (non-hydrogen) atoms. The van der Waals surface area contributed by atoms with E-state index in [-0.39, 0.29) is 0 Å². The van der Waals surface area contributed by atoms with Gasteiger partial charge < -0.3 is 4.55 Å². The first-order valence-corrected chi connectivity index (χ1v) is 7.65. The predicted molar refractivity (Wildman–Crippen MR) is 78.6 cm³/mol. The lowest BCUT2D eigenvalue weighted by molar-refractivity contribution is 0.561. The van der Waals surface area contributed by atoms with Gasteiger partial charge in [0.15, 0.2) is 0 Å². The minimum atomic E-state index is -1.38. The van der Waals surface area contributed by atoms with Gasteiger partial charge in [0.05, 0.1) is 6.20 Å². The van der Waals surface area contributed by atoms with E-state index in [1.807, 2.05) is 20.8 Å². The molecule has 0 saturated heterocycles. The Morgan fingerprint density at radius 3 is 2.68 bits per heavy atom. The normalized spacial score (nSPS) is 14.5. The standard InChI is InChI=1S/C13H18ClFN2OS/c1-13(2,3)19(18)17-12(5-4-6-14)10-7-11(15)9-16-8-10/h7-9H,4-6H2,1-3H3/t19-/m0/s1. The Hall–Kier alpha value is -0.650. The van der Waals surface area contributed by atoms with Crippen LogP contribution in [0.4, 0.5) is 4.39 Å². The second kappa shape index (κ2) is 7.22. The highest BCUT2D eigenvalue weighted by Crippen LogP contribution is 2.19. The predicted octanol–water partition coefficient (Wildman–Crippen LogP) is 3.49. The zero-order valence-electron chi connectivity index (χ0n) is 11.3. The van der Waals surface area contributed by atoms with Crippen molar-refractivity contribution < 1.29 is 8.94 Å². The summed E-state index contributed by atoms with van der Waals surface area (Å²) < 4.78 is 29.0. The van der Waals surface area contributed by atoms with Gasteiger partial charge in [-0.25, -0.2) is 4.39 Å². The minimum absolute atomic E-state index is 0.433. The van der Waals surface area contributed by atoms with Crippen molar-refractivity contribution in [3.63, 3.8) is 0 Å². The van der Waals surface area contributed by atoms with Gasteiger partial charge in [-0.3, -0.25) is 4.98 Å². The van der Waals surface area contributed by atoms with Crippen LogP contribution in [-0.2, 0) is 11.4 Å². The molecule has 1 rings (SSSR count). The fourth-order valence-corrected chi connectivity index (χ4v) is 2.09. The van der Waals surface area contributed by atoms with Crippen molar-refractivity contribution >= 4 is 28.7 Å². The first-order chi connectivity index (χ1) is 8.84. The van der Waals surface area contributed by atoms with E-state index in [1.54, 1.807) is 0 Å². The van der Waals surface area contributed by atoms with E-state index in [2.05, 4.69) is 9.38 Å². The number of rotatable bonds is 5. The molecule has 1 aromatic heterocycles. The molecule has 0 aliphatic carbocycles. The van der Waals surface area contributed by atoms with Crippen LogP contribution in [-0.4, -0.2) is 25.9 Å². The summed E-state index contributed by atoms with van der Waals surface area (Å²) in [5.74, 6) is 0.0433. The van der Waals surface area contributed by atoms with Gasteiger partial charge in [-0.1, -0.05) is 4.40 Å². The third-order valence-electron chi connectivity index (χ3n) is 2.30. The van der Waals surface area contributed by atoms with E-state index in [4.69, 9.17) is 11.6 Å². The van der Waals surface area contributed by atoms with E-state index in [9.17, 15) is 8.94 Å². The topological polar surface area (TPSA) is 48.3 Å². The summed E-state index contributed by atoms with van der Waals surface area (Å²) in [6.45, 7) is 5.53. The average Bonchev–Trinajstić information content (AvgIpc) is 2.33. The van der Waals surface area contributed by atoms with Crippen molar-refractivity contribution in [1.82, 2.24) is 4.98 Å². The van der Waals surface area contributed by atoms with Gasteiger partial charge in [-0.05, 0) is 39.7 Å². The molecule has 1 atom stereocenters. The Morgan fingerprint density at radius 2 is 2.16 bits per heavy atom. The van der Waals surface area contributed by atoms with E-state index >= 15 is 0 Å². The monoisotopic (exact) mass is 304 g/mol. The van der Waals surface area contributed by atoms with Crippen LogP contribution in [0.2, 0.25) is 0 Å². The van der Waals surface area contributed by atoms with Crippen molar-refractivity contribution in [3.8, 4) is 0 Å². The molecule has 0 aliphatic heterocycles. The third-order valence-corrected chi connectivity index (χ3v) is 4.00. The molecule has 0 bridgehead atoms. The quantitative estimate of drug-likeness (QED) is 0.475. The largest absolute Gasteiger partial charge is 0.591 e. The van der Waals surface area contributed by atoms with Crippen molar-refractivity contribution in [1.29, 1.82) is 0 Å². The van der Waals surface area contributed by atoms with Gasteiger partial charge in [-0.15, -0.1) is 11.6 Å². The highest BCUT2D eigenvalue weighted by molar-refractivity contribution is 7.91. The van der Waals surface area contributed by atoms with Gasteiger partial charge in [0.2, 0.25) is 0 Å². The molecular weight excluding hydrogens is 287 g/mol. The van der Waals surface area contributed by atoms with Crippen LogP contribution in [0.1, 0.15) is 39.2 Å². The molecule has 0 spiro atoms. The molecule has 106 valence electrons. The molecule has 0 aromatic carbocycles. The highest BCUT2D eigenvalue weighted by atomic mass is 35.5. The molecule has 0 unspecified atom stereocenters. The van der Waals surface area contributed by atoms with Gasteiger partial charge in [-0.2, -0.15) is 0 Å². The maximum absolute atomic E-state index is 13.2. The number of pyridine rings is 1. The number of nitrogens with zero attached hydrogens (tertiary/aromatic N) is 2. The van der Waals surface area contributed by atoms with Crippen molar-refractivity contribution in [3.05, 3.63) is 29.8 Å². The van der Waals surface area contributed by atoms with E-state index in [0.717, 1.165) is 6.20 Å². The van der Waals surface area contributed by atoms with Crippen LogP contribution >= 0.6 is 11.6 Å². The maximum atomic E-state index is 13.2. The van der Waals surface area contributed by atoms with Crippen LogP contribution in [0.15, 0.2) is 22.9 Å². The Kier molecular flexibility index (Phi) is 6.23. The van der Waals surface area contributed by atoms with Gasteiger partial charge in [0.1, 0.15) is 27.6 Å². The van der Waals surface area contributed by atoms with Crippen molar-refractivity contribution in [2.75, 3.05) is 5.88 Å². The molecule has 0 amide bonds. The first kappa shape index (κ1) is 16.4. The molecule has 0 radical (unpaired) electrons. The molecule has 1 heterocycles. The molecule has 3 nitrogen and oxygen atoms in total. The lowest BCUT2D eigenvalue weighted by Crippen LogP contribution is -2.27. The van der Waals surface area contributed by atoms with Crippen LogP contribution in [0.3, 0.4) is 0 Å². The van der Waals surface area contributed by atoms with E-state index in [0.29, 0.717) is 30.0 Å². The van der Waals surface area contributed by atoms with Gasteiger partial charge in [0.25, 0.3) is 0 Å². The summed E-state index contributed by atoms with van der Waals surface area (Å²) in [6.07, 6.45) is 3.90. The Labute approximate surface area is 121 Å². The smallest absolute Gasteiger partial charge is 0.144 e.